The van der Waals surface area contributed by atoms with Crippen molar-refractivity contribution in [1.82, 2.24) is 9.80 Å². The first-order valence-corrected chi connectivity index (χ1v) is 7.13. The molecule has 0 unspecified atom stereocenters. The van der Waals surface area contributed by atoms with Crippen LogP contribution in [0.4, 0.5) is 0 Å². The van der Waals surface area contributed by atoms with E-state index >= 15 is 0 Å². The molecule has 0 fully saturated rings. The Bertz CT molecular complexity index is 356. The second kappa shape index (κ2) is 8.00. The quantitative estimate of drug-likeness (QED) is 0.726. The maximum atomic E-state index is 12.3. The number of rotatable bonds is 8. The topological polar surface area (TPSA) is 36.7 Å². The Kier molecular flexibility index (Phi) is 6.64. The third-order valence-corrected chi connectivity index (χ3v) is 3.19. The lowest BCUT2D eigenvalue weighted by Crippen LogP contribution is -2.40. The molecule has 1 aromatic heterocycles. The highest BCUT2D eigenvalue weighted by Crippen LogP contribution is 2.08. The number of hydrogen-bond acceptors (Lipinski definition) is 3. The molecule has 0 saturated heterocycles. The van der Waals surface area contributed by atoms with Crippen LogP contribution < -0.4 is 0 Å². The first kappa shape index (κ1) is 15.8. The van der Waals surface area contributed by atoms with Crippen molar-refractivity contribution >= 4 is 5.91 Å². The van der Waals surface area contributed by atoms with Gasteiger partial charge in [-0.25, -0.2) is 0 Å². The average Bonchev–Trinajstić information content (AvgIpc) is 2.91. The van der Waals surface area contributed by atoms with Gasteiger partial charge in [0.05, 0.1) is 6.26 Å². The summed E-state index contributed by atoms with van der Waals surface area (Å²) in [5.74, 6) is 0.877. The molecule has 1 rings (SSSR count). The minimum atomic E-state index is -0.00847. The third kappa shape index (κ3) is 5.07. The van der Waals surface area contributed by atoms with E-state index in [4.69, 9.17) is 4.42 Å². The Morgan fingerprint density at radius 2 is 1.95 bits per heavy atom. The second-order valence-corrected chi connectivity index (χ2v) is 5.15. The molecule has 4 nitrogen and oxygen atoms in total. The van der Waals surface area contributed by atoms with Gasteiger partial charge >= 0.3 is 0 Å². The van der Waals surface area contributed by atoms with Crippen LogP contribution in [-0.2, 0) is 0 Å². The zero-order valence-corrected chi connectivity index (χ0v) is 12.6. The SMILES string of the molecule is CCN(CC)CCN(CC(C)C)C(=O)c1ccco1. The van der Waals surface area contributed by atoms with Gasteiger partial charge in [0.1, 0.15) is 0 Å². The smallest absolute Gasteiger partial charge is 0.289 e. The van der Waals surface area contributed by atoms with Gasteiger partial charge in [0.2, 0.25) is 0 Å². The summed E-state index contributed by atoms with van der Waals surface area (Å²) in [6, 6.07) is 3.48. The van der Waals surface area contributed by atoms with Gasteiger partial charge < -0.3 is 14.2 Å². The minimum Gasteiger partial charge on any atom is -0.459 e. The summed E-state index contributed by atoms with van der Waals surface area (Å²) in [6.45, 7) is 13.0. The molecule has 19 heavy (non-hydrogen) atoms. The van der Waals surface area contributed by atoms with Crippen LogP contribution in [0.25, 0.3) is 0 Å². The van der Waals surface area contributed by atoms with Crippen LogP contribution in [0.3, 0.4) is 0 Å². The van der Waals surface area contributed by atoms with Gasteiger partial charge in [-0.3, -0.25) is 4.79 Å². The first-order valence-electron chi connectivity index (χ1n) is 7.13. The fraction of sp³-hybridized carbons (Fsp3) is 0.667. The van der Waals surface area contributed by atoms with Crippen LogP contribution in [0.15, 0.2) is 22.8 Å². The Hall–Kier alpha value is -1.29. The van der Waals surface area contributed by atoms with Crippen molar-refractivity contribution in [2.45, 2.75) is 27.7 Å². The van der Waals surface area contributed by atoms with Crippen LogP contribution >= 0.6 is 0 Å². The molecule has 1 aromatic rings. The first-order chi connectivity index (χ1) is 9.08. The minimum absolute atomic E-state index is 0.00847. The molecule has 1 heterocycles. The average molecular weight is 266 g/mol. The summed E-state index contributed by atoms with van der Waals surface area (Å²) in [4.78, 5) is 16.6. The molecule has 0 aliphatic rings. The standard InChI is InChI=1S/C15H26N2O2/c1-5-16(6-2)9-10-17(12-13(3)4)15(18)14-8-7-11-19-14/h7-8,11,13H,5-6,9-10,12H2,1-4H3. The van der Waals surface area contributed by atoms with E-state index in [0.717, 1.165) is 32.7 Å². The number of carbonyl (C=O) groups excluding carboxylic acids is 1. The molecule has 4 heteroatoms. The Morgan fingerprint density at radius 3 is 2.42 bits per heavy atom. The molecule has 0 aliphatic heterocycles. The van der Waals surface area contributed by atoms with E-state index in [2.05, 4.69) is 32.6 Å². The van der Waals surface area contributed by atoms with Crippen molar-refractivity contribution in [3.8, 4) is 0 Å². The Morgan fingerprint density at radius 1 is 1.26 bits per heavy atom. The lowest BCUT2D eigenvalue weighted by Gasteiger charge is -2.27. The van der Waals surface area contributed by atoms with Crippen LogP contribution in [0.1, 0.15) is 38.2 Å². The molecule has 1 amide bonds. The maximum absolute atomic E-state index is 12.3. The summed E-state index contributed by atoms with van der Waals surface area (Å²) < 4.78 is 5.21. The number of amides is 1. The van der Waals surface area contributed by atoms with Crippen LogP contribution in [-0.4, -0.2) is 48.4 Å². The van der Waals surface area contributed by atoms with Crippen LogP contribution in [0.2, 0.25) is 0 Å². The highest BCUT2D eigenvalue weighted by molar-refractivity contribution is 5.91. The molecule has 0 aromatic carbocycles. The Balaban J connectivity index is 2.64. The van der Waals surface area contributed by atoms with Gasteiger partial charge in [-0.1, -0.05) is 27.7 Å². The number of carbonyl (C=O) groups is 1. The van der Waals surface area contributed by atoms with E-state index in [-0.39, 0.29) is 5.91 Å². The maximum Gasteiger partial charge on any atom is 0.289 e. The van der Waals surface area contributed by atoms with Crippen molar-refractivity contribution in [3.63, 3.8) is 0 Å². The molecule has 0 radical (unpaired) electrons. The molecule has 0 atom stereocenters. The molecule has 0 aliphatic carbocycles. The fourth-order valence-corrected chi connectivity index (χ4v) is 2.07. The Labute approximate surface area is 116 Å². The van der Waals surface area contributed by atoms with E-state index in [0.29, 0.717) is 11.7 Å². The number of hydrogen-bond donors (Lipinski definition) is 0. The predicted molar refractivity (Wildman–Crippen MR) is 77.2 cm³/mol. The zero-order valence-electron chi connectivity index (χ0n) is 12.6. The predicted octanol–water partition coefficient (Wildman–Crippen LogP) is 2.72. The van der Waals surface area contributed by atoms with Crippen molar-refractivity contribution in [3.05, 3.63) is 24.2 Å². The highest BCUT2D eigenvalue weighted by Gasteiger charge is 2.19. The summed E-state index contributed by atoms with van der Waals surface area (Å²) in [5.41, 5.74) is 0. The summed E-state index contributed by atoms with van der Waals surface area (Å²) in [5, 5.41) is 0. The molecular formula is C15H26N2O2. The fourth-order valence-electron chi connectivity index (χ4n) is 2.07. The van der Waals surface area contributed by atoms with E-state index in [1.54, 1.807) is 18.4 Å². The van der Waals surface area contributed by atoms with Gasteiger partial charge in [0, 0.05) is 19.6 Å². The van der Waals surface area contributed by atoms with E-state index < -0.39 is 0 Å². The second-order valence-electron chi connectivity index (χ2n) is 5.15. The van der Waals surface area contributed by atoms with Crippen molar-refractivity contribution in [1.29, 1.82) is 0 Å². The van der Waals surface area contributed by atoms with Crippen molar-refractivity contribution in [2.24, 2.45) is 5.92 Å². The molecule has 0 spiro atoms. The third-order valence-electron chi connectivity index (χ3n) is 3.19. The molecule has 0 saturated carbocycles. The highest BCUT2D eigenvalue weighted by atomic mass is 16.3. The van der Waals surface area contributed by atoms with Gasteiger partial charge in [-0.15, -0.1) is 0 Å². The van der Waals surface area contributed by atoms with Crippen molar-refractivity contribution in [2.75, 3.05) is 32.7 Å². The van der Waals surface area contributed by atoms with Crippen LogP contribution in [0, 0.1) is 5.92 Å². The van der Waals surface area contributed by atoms with Gasteiger partial charge in [-0.05, 0) is 31.1 Å². The van der Waals surface area contributed by atoms with E-state index in [1.165, 1.54) is 0 Å². The van der Waals surface area contributed by atoms with Gasteiger partial charge in [0.15, 0.2) is 5.76 Å². The molecular weight excluding hydrogens is 240 g/mol. The molecule has 108 valence electrons. The van der Waals surface area contributed by atoms with E-state index in [9.17, 15) is 4.79 Å². The molecule has 0 N–H and O–H groups in total. The largest absolute Gasteiger partial charge is 0.459 e. The number of likely N-dealkylation sites (N-methyl/N-ethyl adjacent to an activating group) is 1. The van der Waals surface area contributed by atoms with Gasteiger partial charge in [0.25, 0.3) is 5.91 Å². The van der Waals surface area contributed by atoms with Crippen molar-refractivity contribution < 1.29 is 9.21 Å². The van der Waals surface area contributed by atoms with Crippen LogP contribution in [0.5, 0.6) is 0 Å². The summed E-state index contributed by atoms with van der Waals surface area (Å²) >= 11 is 0. The lowest BCUT2D eigenvalue weighted by atomic mass is 10.2. The molecule has 0 bridgehead atoms. The number of furan rings is 1. The monoisotopic (exact) mass is 266 g/mol. The lowest BCUT2D eigenvalue weighted by molar-refractivity contribution is 0.0684. The summed E-state index contributed by atoms with van der Waals surface area (Å²) in [7, 11) is 0. The number of nitrogens with zero attached hydrogens (tertiary/aromatic N) is 2. The van der Waals surface area contributed by atoms with E-state index in [1.807, 2.05) is 4.90 Å². The van der Waals surface area contributed by atoms with Gasteiger partial charge in [-0.2, -0.15) is 0 Å². The summed E-state index contributed by atoms with van der Waals surface area (Å²) in [6.07, 6.45) is 1.55. The normalized spacial score (nSPS) is 11.3. The zero-order chi connectivity index (χ0) is 14.3.